The first-order chi connectivity index (χ1) is 7.64. The lowest BCUT2D eigenvalue weighted by Gasteiger charge is -2.55. The maximum absolute atomic E-state index is 14.5. The van der Waals surface area contributed by atoms with E-state index in [1.54, 1.807) is 0 Å². The highest BCUT2D eigenvalue weighted by atomic mass is 19.2. The first-order valence-electron chi connectivity index (χ1n) is 5.65. The van der Waals surface area contributed by atoms with E-state index in [9.17, 15) is 13.2 Å². The van der Waals surface area contributed by atoms with E-state index in [0.29, 0.717) is 0 Å². The Morgan fingerprint density at radius 1 is 0.667 bits per heavy atom. The minimum atomic E-state index is -3.75. The van der Waals surface area contributed by atoms with Gasteiger partial charge in [-0.05, 0) is 5.92 Å². The van der Waals surface area contributed by atoms with Crippen LogP contribution >= 0.6 is 0 Å². The van der Waals surface area contributed by atoms with Gasteiger partial charge in [-0.2, -0.15) is 0 Å². The summed E-state index contributed by atoms with van der Waals surface area (Å²) >= 11 is 0. The lowest BCUT2D eigenvalue weighted by Crippen LogP contribution is -2.69. The third kappa shape index (κ3) is 2.41. The summed E-state index contributed by atoms with van der Waals surface area (Å²) in [4.78, 5) is 0. The first kappa shape index (κ1) is 18.1. The monoisotopic (exact) mass is 246 g/mol. The van der Waals surface area contributed by atoms with Crippen LogP contribution in [-0.2, 0) is 0 Å². The molecule has 10 radical (unpaired) electrons. The highest BCUT2D eigenvalue weighted by Gasteiger charge is 2.63. The van der Waals surface area contributed by atoms with Crippen LogP contribution in [0.2, 0.25) is 5.21 Å². The molecule has 0 spiro atoms. The van der Waals surface area contributed by atoms with Gasteiger partial charge in [0.2, 0.25) is 0 Å². The molecule has 0 amide bonds. The Hall–Kier alpha value is 0.115. The SMILES string of the molecule is [B]C([B])(C(C)C)C([B])(F)C([B])(F)C([B])(F)C(C)C. The zero-order valence-electron chi connectivity index (χ0n) is 11.2. The smallest absolute Gasteiger partial charge is 0.128 e. The second-order valence-corrected chi connectivity index (χ2v) is 5.43. The van der Waals surface area contributed by atoms with Crippen molar-refractivity contribution in [2.45, 2.75) is 49.6 Å². The summed E-state index contributed by atoms with van der Waals surface area (Å²) in [5.41, 5.74) is -10.5. The van der Waals surface area contributed by atoms with Crippen LogP contribution in [0.15, 0.2) is 0 Å². The van der Waals surface area contributed by atoms with Crippen molar-refractivity contribution < 1.29 is 13.2 Å². The van der Waals surface area contributed by atoms with Gasteiger partial charge in [-0.1, -0.05) is 38.8 Å². The van der Waals surface area contributed by atoms with E-state index in [1.165, 1.54) is 27.7 Å². The lowest BCUT2D eigenvalue weighted by molar-refractivity contribution is -0.0405. The molecule has 0 saturated carbocycles. The molecule has 0 aliphatic carbocycles. The van der Waals surface area contributed by atoms with Gasteiger partial charge in [0.15, 0.2) is 0 Å². The molecule has 0 aromatic carbocycles. The predicted molar refractivity (Wildman–Crippen MR) is 72.7 cm³/mol. The van der Waals surface area contributed by atoms with Gasteiger partial charge in [-0.3, -0.25) is 8.78 Å². The lowest BCUT2D eigenvalue weighted by atomic mass is 9.30. The third-order valence-electron chi connectivity index (χ3n) is 3.51. The van der Waals surface area contributed by atoms with Crippen molar-refractivity contribution in [3.63, 3.8) is 0 Å². The fourth-order valence-electron chi connectivity index (χ4n) is 1.43. The normalized spacial score (nSPS) is 23.4. The Labute approximate surface area is 114 Å². The summed E-state index contributed by atoms with van der Waals surface area (Å²) in [5, 5.41) is -2.39. The Morgan fingerprint density at radius 2 is 1.00 bits per heavy atom. The van der Waals surface area contributed by atoms with Gasteiger partial charge in [0, 0.05) is 0 Å². The highest BCUT2D eigenvalue weighted by molar-refractivity contribution is 6.47. The van der Waals surface area contributed by atoms with E-state index in [0.717, 1.165) is 0 Å². The van der Waals surface area contributed by atoms with Crippen molar-refractivity contribution in [2.24, 2.45) is 11.8 Å². The van der Waals surface area contributed by atoms with Crippen molar-refractivity contribution >= 4 is 39.2 Å². The van der Waals surface area contributed by atoms with Gasteiger partial charge in [-0.25, -0.2) is 4.39 Å². The summed E-state index contributed by atoms with van der Waals surface area (Å²) in [7, 11) is 26.3. The van der Waals surface area contributed by atoms with Crippen molar-refractivity contribution in [3.05, 3.63) is 0 Å². The first-order valence-corrected chi connectivity index (χ1v) is 5.65. The van der Waals surface area contributed by atoms with E-state index >= 15 is 0 Å². The highest BCUT2D eigenvalue weighted by Crippen LogP contribution is 2.52. The van der Waals surface area contributed by atoms with Gasteiger partial charge in [0.25, 0.3) is 0 Å². The van der Waals surface area contributed by atoms with Crippen LogP contribution in [0.25, 0.3) is 0 Å². The fourth-order valence-corrected chi connectivity index (χ4v) is 1.43. The molecular formula is C10H14B5F3. The molecule has 3 atom stereocenters. The van der Waals surface area contributed by atoms with Crippen LogP contribution < -0.4 is 0 Å². The molecule has 8 heteroatoms. The number of halogens is 3. The minimum absolute atomic E-state index is 0.797. The third-order valence-corrected chi connectivity index (χ3v) is 3.51. The molecule has 18 heavy (non-hydrogen) atoms. The van der Waals surface area contributed by atoms with E-state index < -0.39 is 33.8 Å². The second kappa shape index (κ2) is 4.90. The average Bonchev–Trinajstić information content (AvgIpc) is 2.15. The summed E-state index contributed by atoms with van der Waals surface area (Å²) in [6.07, 6.45) is 0. The van der Waals surface area contributed by atoms with Crippen LogP contribution in [0.5, 0.6) is 0 Å². The maximum atomic E-state index is 14.5. The van der Waals surface area contributed by atoms with Crippen LogP contribution in [0.1, 0.15) is 27.7 Å². The number of alkyl halides is 3. The topological polar surface area (TPSA) is 0 Å². The molecule has 0 aliphatic heterocycles. The largest absolute Gasteiger partial charge is 0.253 e. The van der Waals surface area contributed by atoms with Gasteiger partial charge in [0.1, 0.15) is 29.1 Å². The van der Waals surface area contributed by atoms with Crippen LogP contribution in [0.4, 0.5) is 13.2 Å². The predicted octanol–water partition coefficient (Wildman–Crippen LogP) is 1.25. The molecule has 0 aromatic heterocycles. The Kier molecular flexibility index (Phi) is 4.93. The Bertz CT molecular complexity index is 270. The summed E-state index contributed by atoms with van der Waals surface area (Å²) in [6, 6.07) is 0. The zero-order chi connectivity index (χ0) is 15.2. The molecule has 0 fully saturated rings. The van der Waals surface area contributed by atoms with Crippen molar-refractivity contribution in [1.82, 2.24) is 0 Å². The molecule has 0 aromatic rings. The van der Waals surface area contributed by atoms with Crippen molar-refractivity contribution in [2.75, 3.05) is 0 Å². The molecule has 0 rings (SSSR count). The van der Waals surface area contributed by atoms with Crippen LogP contribution in [-0.4, -0.2) is 55.9 Å². The molecule has 0 N–H and O–H groups in total. The van der Waals surface area contributed by atoms with Gasteiger partial charge in [-0.15, -0.1) is 0 Å². The van der Waals surface area contributed by atoms with Gasteiger partial charge >= 0.3 is 0 Å². The number of rotatable bonds is 5. The molecule has 90 valence electrons. The fraction of sp³-hybridized carbons (Fsp3) is 1.00. The summed E-state index contributed by atoms with van der Waals surface area (Å²) in [6.45, 7) is 5.29. The molecule has 0 nitrogen and oxygen atoms in total. The Balaban J connectivity index is 5.74. The number of hydrogen-bond donors (Lipinski definition) is 0. The Morgan fingerprint density at radius 3 is 1.22 bits per heavy atom. The molecular weight excluding hydrogens is 231 g/mol. The van der Waals surface area contributed by atoms with Gasteiger partial charge < -0.3 is 0 Å². The van der Waals surface area contributed by atoms with E-state index in [2.05, 4.69) is 0 Å². The molecule has 0 aliphatic rings. The van der Waals surface area contributed by atoms with E-state index in [4.69, 9.17) is 39.2 Å². The quantitative estimate of drug-likeness (QED) is 0.640. The molecule has 0 saturated heterocycles. The standard InChI is InChI=1S/C10H14B5F3/c1-5(2)7(11,12)9(14,17)10(15,18)8(13,16)6(3)4/h5-6H,1-4H3. The second-order valence-electron chi connectivity index (χ2n) is 5.43. The van der Waals surface area contributed by atoms with Crippen LogP contribution in [0.3, 0.4) is 0 Å². The van der Waals surface area contributed by atoms with Crippen molar-refractivity contribution in [3.8, 4) is 0 Å². The minimum Gasteiger partial charge on any atom is -0.253 e. The van der Waals surface area contributed by atoms with Gasteiger partial charge in [0.05, 0.1) is 26.8 Å². The van der Waals surface area contributed by atoms with E-state index in [-0.39, 0.29) is 0 Å². The summed E-state index contributed by atoms with van der Waals surface area (Å²) < 4.78 is 43.0. The van der Waals surface area contributed by atoms with E-state index in [1.807, 2.05) is 0 Å². The molecule has 0 bridgehead atoms. The van der Waals surface area contributed by atoms with Crippen LogP contribution in [0, 0.1) is 11.8 Å². The summed E-state index contributed by atoms with van der Waals surface area (Å²) in [5.74, 6) is -1.93. The maximum Gasteiger partial charge on any atom is 0.128 e. The van der Waals surface area contributed by atoms with Crippen molar-refractivity contribution in [1.29, 1.82) is 0 Å². The average molecular weight is 245 g/mol. The zero-order valence-corrected chi connectivity index (χ0v) is 11.2. The molecule has 3 unspecified atom stereocenters. The number of hydrogen-bond acceptors (Lipinski definition) is 0. The molecule has 0 heterocycles.